The predicted octanol–water partition coefficient (Wildman–Crippen LogP) is 0.289. The summed E-state index contributed by atoms with van der Waals surface area (Å²) in [6.07, 6.45) is 6.54. The van der Waals surface area contributed by atoms with E-state index in [2.05, 4.69) is 0 Å². The fourth-order valence-corrected chi connectivity index (χ4v) is 1.19. The smallest absolute Gasteiger partial charge is 0.196 e. The molecule has 6 heteroatoms. The molecule has 0 aromatic heterocycles. The molecule has 0 heterocycles. The van der Waals surface area contributed by atoms with Gasteiger partial charge < -0.3 is 0 Å². The minimum atomic E-state index is -0.401. The maximum atomic E-state index is 10.6. The van der Waals surface area contributed by atoms with Gasteiger partial charge in [-0.1, -0.05) is 0 Å². The zero-order valence-electron chi connectivity index (χ0n) is 9.99. The van der Waals surface area contributed by atoms with Crippen LogP contribution in [0.2, 0.25) is 0 Å². The van der Waals surface area contributed by atoms with Crippen molar-refractivity contribution in [1.82, 2.24) is 0 Å². The zero-order chi connectivity index (χ0) is 15.1. The zero-order valence-corrected chi connectivity index (χ0v) is 9.99. The van der Waals surface area contributed by atoms with Gasteiger partial charge in [-0.15, -0.1) is 0 Å². The highest BCUT2D eigenvalue weighted by atomic mass is 16.1. The fourth-order valence-electron chi connectivity index (χ4n) is 1.19. The van der Waals surface area contributed by atoms with Gasteiger partial charge in [-0.05, 0) is 24.3 Å². The van der Waals surface area contributed by atoms with E-state index in [1.807, 2.05) is 0 Å². The number of allylic oxidation sites excluding steroid dienone is 8. The monoisotopic (exact) mass is 266 g/mol. The molecule has 0 spiro atoms. The topological polar surface area (TPSA) is 116 Å². The van der Waals surface area contributed by atoms with E-state index >= 15 is 0 Å². The molecule has 0 aromatic carbocycles. The predicted molar refractivity (Wildman–Crippen MR) is 65.7 cm³/mol. The second-order valence-electron chi connectivity index (χ2n) is 3.54. The quantitative estimate of drug-likeness (QED) is 0.582. The first kappa shape index (κ1) is 14.7. The molecule has 0 fully saturated rings. The lowest BCUT2D eigenvalue weighted by atomic mass is 10.1. The van der Waals surface area contributed by atoms with Gasteiger partial charge in [-0.2, -0.15) is 10.5 Å². The van der Waals surface area contributed by atoms with Gasteiger partial charge >= 0.3 is 0 Å². The first-order chi connectivity index (χ1) is 9.47. The molecule has 96 valence electrons. The lowest BCUT2D eigenvalue weighted by Gasteiger charge is -1.94. The van der Waals surface area contributed by atoms with Crippen molar-refractivity contribution in [2.75, 3.05) is 0 Å². The van der Waals surface area contributed by atoms with E-state index in [1.54, 1.807) is 12.1 Å². The summed E-state index contributed by atoms with van der Waals surface area (Å²) in [6.45, 7) is 0. The number of carbonyl (C=O) groups is 4. The maximum absolute atomic E-state index is 10.6. The van der Waals surface area contributed by atoms with Gasteiger partial charge in [0.1, 0.15) is 23.3 Å². The molecule has 0 bridgehead atoms. The lowest BCUT2D eigenvalue weighted by Crippen LogP contribution is -2.05. The van der Waals surface area contributed by atoms with Crippen molar-refractivity contribution >= 4 is 23.1 Å². The minimum Gasteiger partial charge on any atom is -0.290 e. The third-order valence-corrected chi connectivity index (χ3v) is 2.14. The number of hydrogen-bond donors (Lipinski definition) is 0. The molecule has 0 unspecified atom stereocenters. The molecular formula is C14H6N2O4. The van der Waals surface area contributed by atoms with Crippen LogP contribution < -0.4 is 0 Å². The standard InChI is InChI=1S/2C7H3NO2/c2*8-4-5-3-6(9)1-2-7(5)10/h2*1-3H. The van der Waals surface area contributed by atoms with E-state index in [9.17, 15) is 19.2 Å². The molecule has 20 heavy (non-hydrogen) atoms. The van der Waals surface area contributed by atoms with E-state index in [0.29, 0.717) is 0 Å². The molecule has 0 aliphatic heterocycles. The Hall–Kier alpha value is -3.38. The van der Waals surface area contributed by atoms with Crippen LogP contribution in [-0.2, 0) is 19.2 Å². The number of nitriles is 2. The summed E-state index contributed by atoms with van der Waals surface area (Å²) >= 11 is 0. The van der Waals surface area contributed by atoms with Crippen LogP contribution in [0.5, 0.6) is 0 Å². The molecule has 0 amide bonds. The number of hydrogen-bond acceptors (Lipinski definition) is 6. The lowest BCUT2D eigenvalue weighted by molar-refractivity contribution is -0.114. The van der Waals surface area contributed by atoms with Crippen molar-refractivity contribution in [3.05, 3.63) is 47.6 Å². The van der Waals surface area contributed by atoms with E-state index in [0.717, 1.165) is 36.5 Å². The summed E-state index contributed by atoms with van der Waals surface area (Å²) < 4.78 is 0. The van der Waals surface area contributed by atoms with Gasteiger partial charge in [0, 0.05) is 12.2 Å². The fraction of sp³-hybridized carbons (Fsp3) is 0. The highest BCUT2D eigenvalue weighted by Crippen LogP contribution is 2.03. The molecular weight excluding hydrogens is 260 g/mol. The molecule has 2 aliphatic rings. The summed E-state index contributed by atoms with van der Waals surface area (Å²) in [5.41, 5.74) is -0.181. The van der Waals surface area contributed by atoms with Crippen LogP contribution in [-0.4, -0.2) is 23.1 Å². The Morgan fingerprint density at radius 1 is 0.650 bits per heavy atom. The molecule has 0 radical (unpaired) electrons. The second kappa shape index (κ2) is 6.53. The number of carbonyl (C=O) groups excluding carboxylic acids is 4. The molecule has 0 saturated heterocycles. The first-order valence-electron chi connectivity index (χ1n) is 5.24. The Kier molecular flexibility index (Phi) is 4.79. The van der Waals surface area contributed by atoms with Crippen molar-refractivity contribution in [2.24, 2.45) is 0 Å². The maximum Gasteiger partial charge on any atom is 0.196 e. The largest absolute Gasteiger partial charge is 0.290 e. The Morgan fingerprint density at radius 2 is 1.00 bits per heavy atom. The summed E-state index contributed by atoms with van der Waals surface area (Å²) in [7, 11) is 0. The highest BCUT2D eigenvalue weighted by molar-refractivity contribution is 6.19. The Balaban J connectivity index is 0.000000200. The molecule has 2 rings (SSSR count). The summed E-state index contributed by atoms with van der Waals surface area (Å²) in [6, 6.07) is 3.25. The normalized spacial score (nSPS) is 16.5. The van der Waals surface area contributed by atoms with Gasteiger partial charge in [0.15, 0.2) is 23.1 Å². The number of ketones is 4. The minimum absolute atomic E-state index is 0.0903. The van der Waals surface area contributed by atoms with Gasteiger partial charge in [0.2, 0.25) is 0 Å². The first-order valence-corrected chi connectivity index (χ1v) is 5.24. The number of nitrogens with zero attached hydrogens (tertiary/aromatic N) is 2. The van der Waals surface area contributed by atoms with Crippen LogP contribution in [0.1, 0.15) is 0 Å². The molecule has 2 aliphatic carbocycles. The van der Waals surface area contributed by atoms with Crippen LogP contribution in [0.15, 0.2) is 47.6 Å². The average molecular weight is 266 g/mol. The van der Waals surface area contributed by atoms with Crippen LogP contribution in [0.4, 0.5) is 0 Å². The third kappa shape index (κ3) is 3.83. The average Bonchev–Trinajstić information content (AvgIpc) is 2.44. The number of rotatable bonds is 0. The van der Waals surface area contributed by atoms with Crippen molar-refractivity contribution in [2.45, 2.75) is 0 Å². The molecule has 0 aromatic rings. The van der Waals surface area contributed by atoms with Gasteiger partial charge in [-0.3, -0.25) is 19.2 Å². The van der Waals surface area contributed by atoms with Crippen molar-refractivity contribution in [1.29, 1.82) is 10.5 Å². The van der Waals surface area contributed by atoms with Crippen LogP contribution >= 0.6 is 0 Å². The van der Waals surface area contributed by atoms with E-state index in [-0.39, 0.29) is 22.7 Å². The summed E-state index contributed by atoms with van der Waals surface area (Å²) in [5.74, 6) is -1.42. The summed E-state index contributed by atoms with van der Waals surface area (Å²) in [5, 5.41) is 16.5. The Morgan fingerprint density at radius 3 is 1.25 bits per heavy atom. The highest BCUT2D eigenvalue weighted by Gasteiger charge is 2.11. The van der Waals surface area contributed by atoms with Crippen LogP contribution in [0.3, 0.4) is 0 Å². The Labute approximate surface area is 113 Å². The van der Waals surface area contributed by atoms with Crippen LogP contribution in [0.25, 0.3) is 0 Å². The Bertz CT molecular complexity index is 644. The van der Waals surface area contributed by atoms with Gasteiger partial charge in [0.05, 0.1) is 0 Å². The van der Waals surface area contributed by atoms with Gasteiger partial charge in [-0.25, -0.2) is 0 Å². The van der Waals surface area contributed by atoms with Crippen molar-refractivity contribution in [3.63, 3.8) is 0 Å². The molecule has 0 N–H and O–H groups in total. The molecule has 0 atom stereocenters. The third-order valence-electron chi connectivity index (χ3n) is 2.14. The van der Waals surface area contributed by atoms with Crippen LogP contribution in [0, 0.1) is 22.7 Å². The molecule has 6 nitrogen and oxygen atoms in total. The van der Waals surface area contributed by atoms with E-state index in [4.69, 9.17) is 10.5 Å². The van der Waals surface area contributed by atoms with E-state index in [1.165, 1.54) is 0 Å². The van der Waals surface area contributed by atoms with Crippen molar-refractivity contribution in [3.8, 4) is 12.1 Å². The van der Waals surface area contributed by atoms with Crippen molar-refractivity contribution < 1.29 is 19.2 Å². The SMILES string of the molecule is N#CC1=CC(=O)C=CC1=O.N#CC1=CC(=O)C=CC1=O. The van der Waals surface area contributed by atoms with E-state index < -0.39 is 11.6 Å². The van der Waals surface area contributed by atoms with Gasteiger partial charge in [0.25, 0.3) is 0 Å². The second-order valence-corrected chi connectivity index (χ2v) is 3.54. The molecule has 0 saturated carbocycles. The summed E-state index contributed by atoms with van der Waals surface area (Å²) in [4.78, 5) is 42.3.